The molecule has 0 aromatic rings. The van der Waals surface area contributed by atoms with Crippen LogP contribution >= 0.6 is 0 Å². The highest BCUT2D eigenvalue weighted by molar-refractivity contribution is 5.80. The van der Waals surface area contributed by atoms with E-state index in [0.29, 0.717) is 0 Å². The van der Waals surface area contributed by atoms with Crippen molar-refractivity contribution in [3.8, 4) is 0 Å². The molecule has 3 atom stereocenters. The van der Waals surface area contributed by atoms with Gasteiger partial charge in [-0.25, -0.2) is 0 Å². The molecular weight excluding hydrogens is 240 g/mol. The van der Waals surface area contributed by atoms with E-state index < -0.39 is 5.54 Å². The van der Waals surface area contributed by atoms with E-state index in [2.05, 4.69) is 10.2 Å². The van der Waals surface area contributed by atoms with Crippen molar-refractivity contribution in [1.82, 2.24) is 10.2 Å². The van der Waals surface area contributed by atoms with Crippen LogP contribution in [0.15, 0.2) is 0 Å². The largest absolute Gasteiger partial charge is 0.468 e. The molecule has 0 amide bonds. The van der Waals surface area contributed by atoms with Crippen LogP contribution in [0.4, 0.5) is 0 Å². The summed E-state index contributed by atoms with van der Waals surface area (Å²) in [5.74, 6) is 1.62. The van der Waals surface area contributed by atoms with E-state index in [-0.39, 0.29) is 5.97 Å². The van der Waals surface area contributed by atoms with Crippen LogP contribution in [0.3, 0.4) is 0 Å². The van der Waals surface area contributed by atoms with Crippen LogP contribution in [0, 0.1) is 11.8 Å². The summed E-state index contributed by atoms with van der Waals surface area (Å²) in [6.45, 7) is 4.96. The van der Waals surface area contributed by atoms with E-state index >= 15 is 0 Å². The number of carbonyl (C=O) groups is 1. The van der Waals surface area contributed by atoms with Gasteiger partial charge in [-0.1, -0.05) is 19.3 Å². The zero-order valence-corrected chi connectivity index (χ0v) is 12.6. The van der Waals surface area contributed by atoms with Gasteiger partial charge in [0.2, 0.25) is 0 Å². The van der Waals surface area contributed by atoms with Gasteiger partial charge < -0.3 is 15.0 Å². The van der Waals surface area contributed by atoms with Gasteiger partial charge in [0.1, 0.15) is 5.54 Å². The third-order valence-corrected chi connectivity index (χ3v) is 5.10. The van der Waals surface area contributed by atoms with Gasteiger partial charge in [-0.3, -0.25) is 4.79 Å². The molecule has 2 aliphatic rings. The number of rotatable bonds is 4. The minimum absolute atomic E-state index is 0.166. The molecule has 0 spiro atoms. The summed E-state index contributed by atoms with van der Waals surface area (Å²) in [6, 6.07) is 0. The summed E-state index contributed by atoms with van der Waals surface area (Å²) in [6.07, 6.45) is 6.88. The van der Waals surface area contributed by atoms with Crippen LogP contribution in [-0.2, 0) is 9.53 Å². The third kappa shape index (κ3) is 3.29. The molecule has 1 saturated carbocycles. The lowest BCUT2D eigenvalue weighted by molar-refractivity contribution is -0.148. The zero-order valence-electron chi connectivity index (χ0n) is 12.6. The van der Waals surface area contributed by atoms with Crippen molar-refractivity contribution in [2.24, 2.45) is 11.8 Å². The predicted molar refractivity (Wildman–Crippen MR) is 76.0 cm³/mol. The lowest BCUT2D eigenvalue weighted by Crippen LogP contribution is -2.58. The van der Waals surface area contributed by atoms with Crippen LogP contribution in [0.25, 0.3) is 0 Å². The Morgan fingerprint density at radius 2 is 2.00 bits per heavy atom. The van der Waals surface area contributed by atoms with E-state index in [1.807, 2.05) is 14.0 Å². The van der Waals surface area contributed by atoms with Crippen molar-refractivity contribution in [2.45, 2.75) is 44.6 Å². The summed E-state index contributed by atoms with van der Waals surface area (Å²) >= 11 is 0. The quantitative estimate of drug-likeness (QED) is 0.787. The molecule has 0 bridgehead atoms. The molecule has 0 aromatic carbocycles. The van der Waals surface area contributed by atoms with Gasteiger partial charge in [0, 0.05) is 13.1 Å². The molecular formula is C15H28N2O2. The van der Waals surface area contributed by atoms with Crippen molar-refractivity contribution in [3.63, 3.8) is 0 Å². The highest BCUT2D eigenvalue weighted by Crippen LogP contribution is 2.36. The highest BCUT2D eigenvalue weighted by Gasteiger charge is 2.38. The van der Waals surface area contributed by atoms with Crippen molar-refractivity contribution < 1.29 is 9.53 Å². The number of piperidine rings is 1. The minimum Gasteiger partial charge on any atom is -0.468 e. The lowest BCUT2D eigenvalue weighted by Gasteiger charge is -2.43. The second-order valence-corrected chi connectivity index (χ2v) is 6.40. The van der Waals surface area contributed by atoms with Crippen LogP contribution in [0.5, 0.6) is 0 Å². The molecule has 1 N–H and O–H groups in total. The monoisotopic (exact) mass is 268 g/mol. The fourth-order valence-corrected chi connectivity index (χ4v) is 3.74. The number of hydrogen-bond donors (Lipinski definition) is 1. The minimum atomic E-state index is -0.587. The molecule has 4 nitrogen and oxygen atoms in total. The fraction of sp³-hybridized carbons (Fsp3) is 0.933. The van der Waals surface area contributed by atoms with Gasteiger partial charge in [0.25, 0.3) is 0 Å². The van der Waals surface area contributed by atoms with Gasteiger partial charge >= 0.3 is 5.97 Å². The van der Waals surface area contributed by atoms with Gasteiger partial charge in [-0.2, -0.15) is 0 Å². The fourth-order valence-electron chi connectivity index (χ4n) is 3.74. The van der Waals surface area contributed by atoms with Crippen LogP contribution in [-0.4, -0.2) is 50.2 Å². The molecule has 1 aliphatic heterocycles. The lowest BCUT2D eigenvalue weighted by atomic mass is 9.75. The molecule has 3 unspecified atom stereocenters. The number of hydrogen-bond acceptors (Lipinski definition) is 4. The maximum Gasteiger partial charge on any atom is 0.327 e. The average molecular weight is 268 g/mol. The Hall–Kier alpha value is -0.610. The van der Waals surface area contributed by atoms with Gasteiger partial charge in [-0.15, -0.1) is 0 Å². The topological polar surface area (TPSA) is 41.6 Å². The van der Waals surface area contributed by atoms with E-state index in [1.54, 1.807) is 0 Å². The summed E-state index contributed by atoms with van der Waals surface area (Å²) in [5.41, 5.74) is -0.587. The van der Waals surface area contributed by atoms with Crippen molar-refractivity contribution in [2.75, 3.05) is 33.8 Å². The van der Waals surface area contributed by atoms with E-state index in [4.69, 9.17) is 4.74 Å². The zero-order chi connectivity index (χ0) is 13.9. The Balaban J connectivity index is 1.93. The molecule has 4 heteroatoms. The van der Waals surface area contributed by atoms with Crippen LogP contribution < -0.4 is 5.32 Å². The summed E-state index contributed by atoms with van der Waals surface area (Å²) in [7, 11) is 3.30. The molecule has 19 heavy (non-hydrogen) atoms. The summed E-state index contributed by atoms with van der Waals surface area (Å²) in [4.78, 5) is 14.4. The first-order valence-corrected chi connectivity index (χ1v) is 7.59. The van der Waals surface area contributed by atoms with Crippen molar-refractivity contribution in [1.29, 1.82) is 0 Å². The Kier molecular flexibility index (Phi) is 4.85. The number of carbonyl (C=O) groups excluding carboxylic acids is 1. The number of nitrogens with zero attached hydrogens (tertiary/aromatic N) is 1. The van der Waals surface area contributed by atoms with E-state index in [9.17, 15) is 4.79 Å². The molecule has 1 aliphatic carbocycles. The number of esters is 1. The number of likely N-dealkylation sites (N-methyl/N-ethyl adjacent to an activating group) is 1. The van der Waals surface area contributed by atoms with Crippen LogP contribution in [0.2, 0.25) is 0 Å². The Morgan fingerprint density at radius 3 is 2.63 bits per heavy atom. The number of methoxy groups -OCH3 is 1. The molecule has 0 aromatic heterocycles. The maximum absolute atomic E-state index is 11.9. The van der Waals surface area contributed by atoms with Gasteiger partial charge in [0.05, 0.1) is 7.11 Å². The van der Waals surface area contributed by atoms with Crippen LogP contribution in [0.1, 0.15) is 39.0 Å². The molecule has 1 saturated heterocycles. The predicted octanol–water partition coefficient (Wildman–Crippen LogP) is 1.65. The Bertz CT molecular complexity index is 321. The standard InChI is InChI=1S/C15H28N2O2/c1-15(16-2,14(18)19-3)11-17-9-8-12-6-4-5-7-13(12)10-17/h12-13,16H,4-11H2,1-3H3. The Labute approximate surface area is 116 Å². The first-order valence-electron chi connectivity index (χ1n) is 7.59. The molecule has 0 radical (unpaired) electrons. The molecule has 2 fully saturated rings. The average Bonchev–Trinajstić information content (AvgIpc) is 2.46. The summed E-state index contributed by atoms with van der Waals surface area (Å²) < 4.78 is 4.93. The molecule has 110 valence electrons. The number of nitrogens with one attached hydrogen (secondary N) is 1. The summed E-state index contributed by atoms with van der Waals surface area (Å²) in [5, 5.41) is 3.13. The first-order chi connectivity index (χ1) is 9.09. The second-order valence-electron chi connectivity index (χ2n) is 6.40. The van der Waals surface area contributed by atoms with Gasteiger partial charge in [-0.05, 0) is 45.2 Å². The molecule has 1 heterocycles. The Morgan fingerprint density at radius 1 is 1.32 bits per heavy atom. The smallest absolute Gasteiger partial charge is 0.327 e. The second kappa shape index (κ2) is 6.23. The van der Waals surface area contributed by atoms with E-state index in [1.165, 1.54) is 39.2 Å². The maximum atomic E-state index is 11.9. The van der Waals surface area contributed by atoms with Gasteiger partial charge in [0.15, 0.2) is 0 Å². The van der Waals surface area contributed by atoms with Crippen molar-refractivity contribution in [3.05, 3.63) is 0 Å². The number of fused-ring (bicyclic) bond motifs is 1. The van der Waals surface area contributed by atoms with Crippen molar-refractivity contribution >= 4 is 5.97 Å². The number of likely N-dealkylation sites (tertiary alicyclic amines) is 1. The highest BCUT2D eigenvalue weighted by atomic mass is 16.5. The molecule has 2 rings (SSSR count). The number of ether oxygens (including phenoxy) is 1. The first kappa shape index (κ1) is 14.8. The SMILES string of the molecule is CNC(C)(CN1CCC2CCCCC2C1)C(=O)OC. The van der Waals surface area contributed by atoms with E-state index in [0.717, 1.165) is 31.5 Å². The normalized spacial score (nSPS) is 31.3. The third-order valence-electron chi connectivity index (χ3n) is 5.10.